The minimum Gasteiger partial charge on any atom is -0.378 e. The molecule has 0 saturated carbocycles. The Morgan fingerprint density at radius 1 is 1.13 bits per heavy atom. The lowest BCUT2D eigenvalue weighted by Gasteiger charge is -2.11. The number of benzene rings is 2. The molecule has 2 aromatic carbocycles. The highest BCUT2D eigenvalue weighted by molar-refractivity contribution is 8.03. The number of halogens is 1. The molecule has 0 fully saturated rings. The third kappa shape index (κ3) is 7.02. The van der Waals surface area contributed by atoms with Crippen LogP contribution >= 0.6 is 46.5 Å². The Morgan fingerprint density at radius 3 is 2.53 bits per heavy atom. The molecule has 6 nitrogen and oxygen atoms in total. The molecular weight excluding hydrogens is 458 g/mol. The van der Waals surface area contributed by atoms with Crippen LogP contribution in [0.2, 0.25) is 5.02 Å². The maximum atomic E-state index is 12.0. The van der Waals surface area contributed by atoms with Crippen LogP contribution in [0, 0.1) is 0 Å². The summed E-state index contributed by atoms with van der Waals surface area (Å²) < 4.78 is 1.59. The number of hydrogen-bond donors (Lipinski definition) is 1. The van der Waals surface area contributed by atoms with Gasteiger partial charge in [0.15, 0.2) is 8.68 Å². The van der Waals surface area contributed by atoms with Crippen LogP contribution in [0.1, 0.15) is 11.1 Å². The van der Waals surface area contributed by atoms with Crippen molar-refractivity contribution in [2.24, 2.45) is 5.10 Å². The van der Waals surface area contributed by atoms with Gasteiger partial charge in [0.1, 0.15) is 0 Å². The molecule has 10 heteroatoms. The molecule has 0 saturated heterocycles. The van der Waals surface area contributed by atoms with Gasteiger partial charge in [-0.05, 0) is 29.3 Å². The molecule has 156 valence electrons. The Bertz CT molecular complexity index is 1010. The number of carbonyl (C=O) groups is 1. The van der Waals surface area contributed by atoms with Gasteiger partial charge in [-0.25, -0.2) is 5.43 Å². The second kappa shape index (κ2) is 11.4. The lowest BCUT2D eigenvalue weighted by atomic mass is 10.2. The predicted octanol–water partition coefficient (Wildman–Crippen LogP) is 4.79. The van der Waals surface area contributed by atoms with E-state index in [1.165, 1.54) is 23.1 Å². The molecule has 1 amide bonds. The van der Waals surface area contributed by atoms with Crippen LogP contribution in [0.3, 0.4) is 0 Å². The Labute approximate surface area is 193 Å². The molecule has 0 aliphatic carbocycles. The van der Waals surface area contributed by atoms with Crippen LogP contribution in [-0.2, 0) is 10.5 Å². The predicted molar refractivity (Wildman–Crippen MR) is 128 cm³/mol. The normalized spacial score (nSPS) is 11.0. The SMILES string of the molecule is CN(C)c1ccc(C=NNC(=O)CSc2nnc(SCc3ccccc3Cl)s2)cc1. The van der Waals surface area contributed by atoms with Gasteiger partial charge in [0.2, 0.25) is 0 Å². The van der Waals surface area contributed by atoms with Crippen molar-refractivity contribution >= 4 is 64.3 Å². The van der Waals surface area contributed by atoms with E-state index in [1.54, 1.807) is 18.0 Å². The number of rotatable bonds is 9. The second-order valence-corrected chi connectivity index (χ2v) is 10.1. The lowest BCUT2D eigenvalue weighted by Crippen LogP contribution is -2.19. The summed E-state index contributed by atoms with van der Waals surface area (Å²) in [5, 5.41) is 13.0. The van der Waals surface area contributed by atoms with Crippen molar-refractivity contribution in [3.63, 3.8) is 0 Å². The molecule has 0 aliphatic heterocycles. The van der Waals surface area contributed by atoms with Crippen LogP contribution in [0.5, 0.6) is 0 Å². The van der Waals surface area contributed by atoms with Crippen molar-refractivity contribution in [3.05, 3.63) is 64.7 Å². The minimum atomic E-state index is -0.193. The fourth-order valence-corrected chi connectivity index (χ4v) is 5.36. The molecule has 0 atom stereocenters. The zero-order valence-electron chi connectivity index (χ0n) is 16.4. The number of carbonyl (C=O) groups excluding carboxylic acids is 1. The largest absolute Gasteiger partial charge is 0.378 e. The quantitative estimate of drug-likeness (QED) is 0.271. The first kappa shape index (κ1) is 22.6. The van der Waals surface area contributed by atoms with E-state index >= 15 is 0 Å². The van der Waals surface area contributed by atoms with Crippen molar-refractivity contribution in [3.8, 4) is 0 Å². The average Bonchev–Trinajstić information content (AvgIpc) is 3.20. The molecule has 3 aromatic rings. The standard InChI is InChI=1S/C20H20ClN5OS3/c1-26(2)16-9-7-14(8-10-16)11-22-23-18(27)13-29-20-25-24-19(30-20)28-12-15-5-3-4-6-17(15)21/h3-11H,12-13H2,1-2H3,(H,23,27). The summed E-state index contributed by atoms with van der Waals surface area (Å²) in [6, 6.07) is 15.6. The Morgan fingerprint density at radius 2 is 1.83 bits per heavy atom. The molecule has 0 bridgehead atoms. The fraction of sp³-hybridized carbons (Fsp3) is 0.200. The Hall–Kier alpha value is -2.07. The number of nitrogens with one attached hydrogen (secondary N) is 1. The highest BCUT2D eigenvalue weighted by atomic mass is 35.5. The summed E-state index contributed by atoms with van der Waals surface area (Å²) in [4.78, 5) is 14.0. The van der Waals surface area contributed by atoms with Gasteiger partial charge in [0.05, 0.1) is 12.0 Å². The van der Waals surface area contributed by atoms with Crippen LogP contribution < -0.4 is 10.3 Å². The van der Waals surface area contributed by atoms with E-state index in [0.717, 1.165) is 36.3 Å². The van der Waals surface area contributed by atoms with Gasteiger partial charge in [0.25, 0.3) is 5.91 Å². The zero-order chi connectivity index (χ0) is 21.3. The highest BCUT2D eigenvalue weighted by Crippen LogP contribution is 2.32. The van der Waals surface area contributed by atoms with E-state index in [1.807, 2.05) is 67.5 Å². The van der Waals surface area contributed by atoms with Crippen LogP contribution in [0.15, 0.2) is 62.3 Å². The molecule has 1 N–H and O–H groups in total. The Kier molecular flexibility index (Phi) is 8.56. The maximum absolute atomic E-state index is 12.0. The number of hydrogen-bond acceptors (Lipinski definition) is 8. The molecular formula is C20H20ClN5OS3. The van der Waals surface area contributed by atoms with E-state index in [9.17, 15) is 4.79 Å². The first-order valence-electron chi connectivity index (χ1n) is 8.93. The van der Waals surface area contributed by atoms with Crippen molar-refractivity contribution in [2.45, 2.75) is 14.4 Å². The third-order valence-electron chi connectivity index (χ3n) is 3.84. The van der Waals surface area contributed by atoms with Gasteiger partial charge in [0, 0.05) is 30.6 Å². The molecule has 0 radical (unpaired) electrons. The molecule has 0 aliphatic rings. The van der Waals surface area contributed by atoms with Crippen LogP contribution in [0.25, 0.3) is 0 Å². The van der Waals surface area contributed by atoms with Crippen molar-refractivity contribution in [1.29, 1.82) is 0 Å². The molecule has 3 rings (SSSR count). The van der Waals surface area contributed by atoms with E-state index in [2.05, 4.69) is 20.7 Å². The van der Waals surface area contributed by atoms with Gasteiger partial charge < -0.3 is 4.90 Å². The molecule has 1 heterocycles. The first-order valence-corrected chi connectivity index (χ1v) is 12.1. The van der Waals surface area contributed by atoms with Crippen molar-refractivity contribution < 1.29 is 4.79 Å². The van der Waals surface area contributed by atoms with Crippen molar-refractivity contribution in [2.75, 3.05) is 24.7 Å². The van der Waals surface area contributed by atoms with E-state index in [0.29, 0.717) is 0 Å². The van der Waals surface area contributed by atoms with E-state index in [-0.39, 0.29) is 11.7 Å². The molecule has 1 aromatic heterocycles. The summed E-state index contributed by atoms with van der Waals surface area (Å²) in [6.45, 7) is 0. The van der Waals surface area contributed by atoms with Gasteiger partial charge in [-0.3, -0.25) is 4.79 Å². The molecule has 0 unspecified atom stereocenters. The second-order valence-electron chi connectivity index (χ2n) is 6.28. The lowest BCUT2D eigenvalue weighted by molar-refractivity contribution is -0.118. The van der Waals surface area contributed by atoms with Gasteiger partial charge in [-0.15, -0.1) is 10.2 Å². The summed E-state index contributed by atoms with van der Waals surface area (Å²) >= 11 is 10.6. The summed E-state index contributed by atoms with van der Waals surface area (Å²) in [5.41, 5.74) is 5.61. The van der Waals surface area contributed by atoms with Gasteiger partial charge in [-0.2, -0.15) is 5.10 Å². The number of anilines is 1. The zero-order valence-corrected chi connectivity index (χ0v) is 19.6. The number of nitrogens with zero attached hydrogens (tertiary/aromatic N) is 4. The number of hydrazone groups is 1. The molecule has 30 heavy (non-hydrogen) atoms. The van der Waals surface area contributed by atoms with Crippen LogP contribution in [-0.4, -0.2) is 42.2 Å². The van der Waals surface area contributed by atoms with Crippen LogP contribution in [0.4, 0.5) is 5.69 Å². The summed E-state index contributed by atoms with van der Waals surface area (Å²) in [7, 11) is 3.97. The monoisotopic (exact) mass is 477 g/mol. The fourth-order valence-electron chi connectivity index (χ4n) is 2.27. The van der Waals surface area contributed by atoms with Gasteiger partial charge >= 0.3 is 0 Å². The minimum absolute atomic E-state index is 0.193. The van der Waals surface area contributed by atoms with Gasteiger partial charge in [-0.1, -0.05) is 76.8 Å². The first-order chi connectivity index (χ1) is 14.5. The topological polar surface area (TPSA) is 70.5 Å². The third-order valence-corrected chi connectivity index (χ3v) is 7.44. The number of aromatic nitrogens is 2. The smallest absolute Gasteiger partial charge is 0.250 e. The number of amides is 1. The van der Waals surface area contributed by atoms with E-state index in [4.69, 9.17) is 11.6 Å². The average molecular weight is 478 g/mol. The highest BCUT2D eigenvalue weighted by Gasteiger charge is 2.09. The summed E-state index contributed by atoms with van der Waals surface area (Å²) in [6.07, 6.45) is 1.62. The molecule has 0 spiro atoms. The van der Waals surface area contributed by atoms with Crippen molar-refractivity contribution in [1.82, 2.24) is 15.6 Å². The Balaban J connectivity index is 1.41. The maximum Gasteiger partial charge on any atom is 0.250 e. The summed E-state index contributed by atoms with van der Waals surface area (Å²) in [5.74, 6) is 0.756. The van der Waals surface area contributed by atoms with E-state index < -0.39 is 0 Å². The number of thioether (sulfide) groups is 2.